The van der Waals surface area contributed by atoms with Crippen LogP contribution in [0.15, 0.2) is 0 Å². The summed E-state index contributed by atoms with van der Waals surface area (Å²) in [5.74, 6) is 0. The van der Waals surface area contributed by atoms with Crippen LogP contribution in [0.5, 0.6) is 0 Å². The van der Waals surface area contributed by atoms with Crippen molar-refractivity contribution in [3.8, 4) is 0 Å². The Morgan fingerprint density at radius 1 is 0.750 bits per heavy atom. The zero-order valence-electron chi connectivity index (χ0n) is 8.35. The first-order valence-electron chi connectivity index (χ1n) is 5.12. The van der Waals surface area contributed by atoms with Gasteiger partial charge in [-0.2, -0.15) is 0 Å². The van der Waals surface area contributed by atoms with E-state index in [4.69, 9.17) is 0 Å². The van der Waals surface area contributed by atoms with Crippen LogP contribution in [0.4, 0.5) is 0 Å². The molecule has 0 aromatic rings. The maximum absolute atomic E-state index is 2.79. The predicted molar refractivity (Wildman–Crippen MR) is 53.9 cm³/mol. The third-order valence-electron chi connectivity index (χ3n) is 2.06. The molecule has 0 bridgehead atoms. The predicted octanol–water partition coefficient (Wildman–Crippen LogP) is 3.60. The minimum atomic E-state index is 0. The van der Waals surface area contributed by atoms with Crippen LogP contribution in [0.3, 0.4) is 0 Å². The zero-order chi connectivity index (χ0) is 8.36. The summed E-state index contributed by atoms with van der Waals surface area (Å²) in [4.78, 5) is 0. The first-order chi connectivity index (χ1) is 5.41. The largest absolute Gasteiger partial charge is 2.00 e. The Hall–Kier alpha value is 0.492. The smallest absolute Gasteiger partial charge is 2.00 e. The van der Waals surface area contributed by atoms with Gasteiger partial charge >= 0.3 is 79.9 Å². The Kier molecular flexibility index (Phi) is 17.5. The molecule has 0 heterocycles. The summed E-state index contributed by atoms with van der Waals surface area (Å²) in [6, 6.07) is 0. The molecule has 0 saturated carbocycles. The second kappa shape index (κ2) is 14.0. The van der Waals surface area contributed by atoms with Crippen molar-refractivity contribution in [2.45, 2.75) is 63.6 Å². The van der Waals surface area contributed by atoms with E-state index < -0.39 is 0 Å². The molecule has 0 aromatic carbocycles. The Bertz CT molecular complexity index is 58.9. The number of rotatable bonds is 8. The molecule has 0 aromatic heterocycles. The van der Waals surface area contributed by atoms with Gasteiger partial charge in [-0.25, -0.2) is 0 Å². The van der Waals surface area contributed by atoms with Crippen LogP contribution in [-0.2, 0) is 5.48 Å². The fourth-order valence-corrected chi connectivity index (χ4v) is 1.57. The van der Waals surface area contributed by atoms with Gasteiger partial charge in [0, 0.05) is 0 Å². The molecule has 12 heavy (non-hydrogen) atoms. The number of hydrogen-bond donors (Lipinski definition) is 0. The second-order valence-corrected chi connectivity index (χ2v) is 3.84. The first-order valence-corrected chi connectivity index (χ1v) is 5.93. The van der Waals surface area contributed by atoms with E-state index in [0.717, 1.165) is 0 Å². The third-order valence-corrected chi connectivity index (χ3v) is 2.47. The van der Waals surface area contributed by atoms with Crippen LogP contribution in [-0.4, -0.2) is 16.3 Å². The summed E-state index contributed by atoms with van der Waals surface area (Å²) in [6.07, 6.45) is 11.5. The normalized spacial score (nSPS) is 9.58. The molecule has 0 rings (SSSR count). The van der Waals surface area contributed by atoms with E-state index in [1.807, 2.05) is 0 Å². The van der Waals surface area contributed by atoms with Gasteiger partial charge in [-0.1, -0.05) is 0 Å². The van der Waals surface area contributed by atoms with Crippen molar-refractivity contribution in [3.05, 3.63) is 0 Å². The molecular weight excluding hydrogens is 163 g/mol. The van der Waals surface area contributed by atoms with Crippen LogP contribution in [0.1, 0.15) is 58.3 Å². The topological polar surface area (TPSA) is 28.5 Å². The molecule has 70 valence electrons. The Morgan fingerprint density at radius 3 is 1.58 bits per heavy atom. The summed E-state index contributed by atoms with van der Waals surface area (Å²) in [5.41, 5.74) is 0. The molecule has 0 radical (unpaired) electrons. The van der Waals surface area contributed by atoms with E-state index in [9.17, 15) is 0 Å². The van der Waals surface area contributed by atoms with E-state index in [1.165, 1.54) is 56.6 Å². The van der Waals surface area contributed by atoms with E-state index in [1.54, 1.807) is 0 Å². The average Bonchev–Trinajstić information content (AvgIpc) is 2.03. The molecule has 0 unspecified atom stereocenters. The Morgan fingerprint density at radius 2 is 1.17 bits per heavy atom. The summed E-state index contributed by atoms with van der Waals surface area (Å²) in [7, 11) is 0. The van der Waals surface area contributed by atoms with Gasteiger partial charge in [0.25, 0.3) is 0 Å². The second-order valence-electron chi connectivity index (χ2n) is 3.26. The molecule has 0 amide bonds. The van der Waals surface area contributed by atoms with Gasteiger partial charge in [0.05, 0.1) is 0 Å². The zero-order valence-corrected chi connectivity index (χ0v) is 9.50. The molecule has 0 aliphatic rings. The number of hydrogen-bond acceptors (Lipinski definition) is 0. The van der Waals surface area contributed by atoms with E-state index >= 15 is 0 Å². The first kappa shape index (κ1) is 15.0. The summed E-state index contributed by atoms with van der Waals surface area (Å²) in [5, 5.41) is 1.29. The molecule has 0 spiro atoms. The van der Waals surface area contributed by atoms with Crippen molar-refractivity contribution < 1.29 is 5.48 Å². The number of unbranched alkanes of at least 4 members (excludes halogenated alkanes) is 7. The quantitative estimate of drug-likeness (QED) is 0.407. The van der Waals surface area contributed by atoms with E-state index in [0.29, 0.717) is 0 Å². The molecular formula is C10H21AlO. The van der Waals surface area contributed by atoms with Crippen molar-refractivity contribution >= 4 is 16.3 Å². The molecule has 0 fully saturated rings. The summed E-state index contributed by atoms with van der Waals surface area (Å²) in [6.45, 7) is 2.27. The molecule has 0 aliphatic heterocycles. The Balaban J connectivity index is 0. The third kappa shape index (κ3) is 13.1. The molecule has 0 N–H and O–H groups in total. The summed E-state index contributed by atoms with van der Waals surface area (Å²) >= 11 is 2.79. The molecule has 0 atom stereocenters. The molecule has 0 saturated heterocycles. The summed E-state index contributed by atoms with van der Waals surface area (Å²) < 4.78 is 0. The van der Waals surface area contributed by atoms with Crippen molar-refractivity contribution in [3.63, 3.8) is 0 Å². The minimum Gasteiger partial charge on any atom is -2.00 e. The van der Waals surface area contributed by atoms with Crippen molar-refractivity contribution in [1.29, 1.82) is 0 Å². The fourth-order valence-electron chi connectivity index (χ4n) is 1.28. The van der Waals surface area contributed by atoms with Crippen LogP contribution in [0, 0.1) is 0 Å². The van der Waals surface area contributed by atoms with Gasteiger partial charge in [-0.05, 0) is 0 Å². The SMILES string of the molecule is CCCCCCCCC[CH2][Al+2].[O-2]. The van der Waals surface area contributed by atoms with E-state index in [-0.39, 0.29) is 5.48 Å². The average molecular weight is 184 g/mol. The van der Waals surface area contributed by atoms with Gasteiger partial charge in [0.2, 0.25) is 0 Å². The molecule has 1 nitrogen and oxygen atoms in total. The Labute approximate surface area is 85.7 Å². The van der Waals surface area contributed by atoms with Crippen molar-refractivity contribution in [2.75, 3.05) is 0 Å². The van der Waals surface area contributed by atoms with Gasteiger partial charge in [-0.3, -0.25) is 0 Å². The standard InChI is InChI=1S/C10H21.Al.O/c1-3-5-7-9-10-8-6-4-2;;/h1,3-10H2,2H3;;/q;+2;-2. The van der Waals surface area contributed by atoms with Gasteiger partial charge in [-0.15, -0.1) is 0 Å². The fraction of sp³-hybridized carbons (Fsp3) is 1.00. The van der Waals surface area contributed by atoms with E-state index in [2.05, 4.69) is 23.2 Å². The minimum absolute atomic E-state index is 0. The van der Waals surface area contributed by atoms with Crippen LogP contribution in [0.25, 0.3) is 0 Å². The van der Waals surface area contributed by atoms with Gasteiger partial charge in [0.1, 0.15) is 0 Å². The molecule has 0 aliphatic carbocycles. The van der Waals surface area contributed by atoms with Gasteiger partial charge < -0.3 is 5.48 Å². The van der Waals surface area contributed by atoms with Crippen molar-refractivity contribution in [1.82, 2.24) is 0 Å². The molecule has 2 heteroatoms. The van der Waals surface area contributed by atoms with Crippen LogP contribution in [0.2, 0.25) is 5.28 Å². The maximum Gasteiger partial charge on any atom is -2.00 e. The monoisotopic (exact) mass is 184 g/mol. The van der Waals surface area contributed by atoms with Crippen molar-refractivity contribution in [2.24, 2.45) is 0 Å². The van der Waals surface area contributed by atoms with Crippen LogP contribution >= 0.6 is 0 Å². The van der Waals surface area contributed by atoms with Gasteiger partial charge in [0.15, 0.2) is 0 Å². The maximum atomic E-state index is 2.79. The van der Waals surface area contributed by atoms with Crippen LogP contribution < -0.4 is 0 Å².